The van der Waals surface area contributed by atoms with Crippen LogP contribution in [0.15, 0.2) is 41.3 Å². The predicted octanol–water partition coefficient (Wildman–Crippen LogP) is 2.49. The van der Waals surface area contributed by atoms with Crippen LogP contribution >= 0.6 is 0 Å². The van der Waals surface area contributed by atoms with Crippen molar-refractivity contribution in [1.82, 2.24) is 0 Å². The smallest absolute Gasteiger partial charge is 0.267 e. The minimum Gasteiger partial charge on any atom is -0.397 e. The second kappa shape index (κ2) is 5.04. The molecule has 20 heavy (non-hydrogen) atoms. The molecule has 2 rings (SSSR count). The first-order valence-corrected chi connectivity index (χ1v) is 6.81. The zero-order chi connectivity index (χ0) is 14.9. The van der Waals surface area contributed by atoms with E-state index in [1.807, 2.05) is 4.72 Å². The van der Waals surface area contributed by atoms with Gasteiger partial charge in [-0.2, -0.15) is 0 Å². The van der Waals surface area contributed by atoms with Crippen LogP contribution in [-0.4, -0.2) is 8.42 Å². The topological polar surface area (TPSA) is 72.2 Å². The number of halogens is 3. The minimum absolute atomic E-state index is 0.0771. The number of benzene rings is 2. The van der Waals surface area contributed by atoms with Crippen molar-refractivity contribution in [2.75, 3.05) is 10.5 Å². The van der Waals surface area contributed by atoms with Crippen LogP contribution in [0.4, 0.5) is 24.5 Å². The maximum Gasteiger partial charge on any atom is 0.267 e. The van der Waals surface area contributed by atoms with E-state index in [0.717, 1.165) is 36.4 Å². The van der Waals surface area contributed by atoms with Crippen LogP contribution in [0, 0.1) is 17.5 Å². The minimum atomic E-state index is -4.56. The molecule has 0 saturated heterocycles. The number of rotatable bonds is 3. The van der Waals surface area contributed by atoms with Gasteiger partial charge in [-0.15, -0.1) is 0 Å². The Morgan fingerprint density at radius 2 is 1.60 bits per heavy atom. The summed E-state index contributed by atoms with van der Waals surface area (Å²) in [7, 11) is -4.56. The molecule has 8 heteroatoms. The third kappa shape index (κ3) is 2.69. The van der Waals surface area contributed by atoms with Gasteiger partial charge in [0.1, 0.15) is 17.5 Å². The van der Waals surface area contributed by atoms with Crippen molar-refractivity contribution in [2.45, 2.75) is 4.90 Å². The molecule has 0 saturated carbocycles. The zero-order valence-corrected chi connectivity index (χ0v) is 10.7. The summed E-state index contributed by atoms with van der Waals surface area (Å²) >= 11 is 0. The fraction of sp³-hybridized carbons (Fsp3) is 0. The van der Waals surface area contributed by atoms with Crippen molar-refractivity contribution in [1.29, 1.82) is 0 Å². The molecule has 2 aromatic rings. The Morgan fingerprint density at radius 3 is 2.20 bits per heavy atom. The summed E-state index contributed by atoms with van der Waals surface area (Å²) in [6, 6.07) is 5.59. The van der Waals surface area contributed by atoms with Crippen LogP contribution in [0.3, 0.4) is 0 Å². The lowest BCUT2D eigenvalue weighted by Gasteiger charge is -2.11. The molecule has 0 aromatic heterocycles. The molecule has 0 heterocycles. The van der Waals surface area contributed by atoms with Gasteiger partial charge < -0.3 is 5.73 Å². The van der Waals surface area contributed by atoms with Crippen molar-refractivity contribution in [2.24, 2.45) is 0 Å². The molecule has 0 aliphatic carbocycles. The van der Waals surface area contributed by atoms with Crippen LogP contribution in [0.2, 0.25) is 0 Å². The first kappa shape index (κ1) is 14.2. The van der Waals surface area contributed by atoms with E-state index in [0.29, 0.717) is 0 Å². The third-order valence-corrected chi connectivity index (χ3v) is 3.86. The summed E-state index contributed by atoms with van der Waals surface area (Å²) in [6.07, 6.45) is 0. The van der Waals surface area contributed by atoms with E-state index in [1.165, 1.54) is 0 Å². The van der Waals surface area contributed by atoms with E-state index < -0.39 is 32.4 Å². The lowest BCUT2D eigenvalue weighted by Crippen LogP contribution is -2.17. The summed E-state index contributed by atoms with van der Waals surface area (Å²) in [5.41, 5.74) is 5.09. The Balaban J connectivity index is 2.49. The van der Waals surface area contributed by atoms with E-state index in [4.69, 9.17) is 5.73 Å². The first-order valence-electron chi connectivity index (χ1n) is 5.33. The number of nitrogen functional groups attached to an aromatic ring is 1. The summed E-state index contributed by atoms with van der Waals surface area (Å²) in [6.45, 7) is 0. The largest absolute Gasteiger partial charge is 0.397 e. The Morgan fingerprint density at radius 1 is 1.00 bits per heavy atom. The number of nitrogens with two attached hydrogens (primary N) is 1. The molecule has 0 bridgehead atoms. The van der Waals surface area contributed by atoms with Gasteiger partial charge in [0.2, 0.25) is 0 Å². The third-order valence-electron chi connectivity index (χ3n) is 2.45. The molecule has 0 atom stereocenters. The average Bonchev–Trinajstić information content (AvgIpc) is 2.33. The van der Waals surface area contributed by atoms with Gasteiger partial charge in [-0.1, -0.05) is 6.07 Å². The number of anilines is 2. The van der Waals surface area contributed by atoms with Crippen molar-refractivity contribution in [3.05, 3.63) is 53.8 Å². The molecule has 106 valence electrons. The summed E-state index contributed by atoms with van der Waals surface area (Å²) < 4.78 is 65.7. The standard InChI is InChI=1S/C12H9F3N2O2S/c13-7-4-5-10(16)11(6-7)17-20(18,19)12-8(14)2-1-3-9(12)15/h1-6,17H,16H2. The molecular formula is C12H9F3N2O2S. The van der Waals surface area contributed by atoms with Gasteiger partial charge >= 0.3 is 0 Å². The van der Waals surface area contributed by atoms with Crippen LogP contribution < -0.4 is 10.5 Å². The fourth-order valence-electron chi connectivity index (χ4n) is 1.55. The highest BCUT2D eigenvalue weighted by molar-refractivity contribution is 7.92. The monoisotopic (exact) mass is 302 g/mol. The van der Waals surface area contributed by atoms with Crippen molar-refractivity contribution >= 4 is 21.4 Å². The van der Waals surface area contributed by atoms with Gasteiger partial charge in [-0.3, -0.25) is 4.72 Å². The van der Waals surface area contributed by atoms with Crippen molar-refractivity contribution < 1.29 is 21.6 Å². The van der Waals surface area contributed by atoms with Crippen molar-refractivity contribution in [3.8, 4) is 0 Å². The summed E-state index contributed by atoms with van der Waals surface area (Å²) in [4.78, 5) is -1.15. The second-order valence-corrected chi connectivity index (χ2v) is 5.51. The molecule has 0 aliphatic heterocycles. The quantitative estimate of drug-likeness (QED) is 0.856. The maximum atomic E-state index is 13.5. The fourth-order valence-corrected chi connectivity index (χ4v) is 2.77. The first-order chi connectivity index (χ1) is 9.31. The van der Waals surface area contributed by atoms with Gasteiger partial charge in [-0.05, 0) is 24.3 Å². The normalized spacial score (nSPS) is 11.3. The van der Waals surface area contributed by atoms with Crippen LogP contribution in [0.1, 0.15) is 0 Å². The Hall–Kier alpha value is -2.22. The number of nitrogens with one attached hydrogen (secondary N) is 1. The summed E-state index contributed by atoms with van der Waals surface area (Å²) in [5.74, 6) is -3.26. The van der Waals surface area contributed by atoms with Gasteiger partial charge in [0, 0.05) is 6.07 Å². The highest BCUT2D eigenvalue weighted by Gasteiger charge is 2.24. The van der Waals surface area contributed by atoms with Gasteiger partial charge in [-0.25, -0.2) is 21.6 Å². The lowest BCUT2D eigenvalue weighted by atomic mass is 10.3. The molecule has 0 radical (unpaired) electrons. The van der Waals surface area contributed by atoms with Gasteiger partial charge in [0.05, 0.1) is 11.4 Å². The molecule has 3 N–H and O–H groups in total. The molecule has 0 spiro atoms. The van der Waals surface area contributed by atoms with E-state index >= 15 is 0 Å². The maximum absolute atomic E-state index is 13.5. The number of sulfonamides is 1. The Labute approximate surface area is 113 Å². The predicted molar refractivity (Wildman–Crippen MR) is 68.0 cm³/mol. The molecular weight excluding hydrogens is 293 g/mol. The molecule has 0 aliphatic rings. The lowest BCUT2D eigenvalue weighted by molar-refractivity contribution is 0.521. The molecule has 4 nitrogen and oxygen atoms in total. The SMILES string of the molecule is Nc1ccc(F)cc1NS(=O)(=O)c1c(F)cccc1F. The highest BCUT2D eigenvalue weighted by Crippen LogP contribution is 2.25. The Kier molecular flexibility index (Phi) is 3.58. The molecule has 0 amide bonds. The number of hydrogen-bond acceptors (Lipinski definition) is 3. The van der Waals surface area contributed by atoms with E-state index in [-0.39, 0.29) is 11.4 Å². The zero-order valence-electron chi connectivity index (χ0n) is 9.90. The summed E-state index contributed by atoms with van der Waals surface area (Å²) in [5, 5.41) is 0. The van der Waals surface area contributed by atoms with E-state index in [2.05, 4.69) is 0 Å². The van der Waals surface area contributed by atoms with Crippen LogP contribution in [0.5, 0.6) is 0 Å². The van der Waals surface area contributed by atoms with Crippen molar-refractivity contribution in [3.63, 3.8) is 0 Å². The van der Waals surface area contributed by atoms with E-state index in [9.17, 15) is 21.6 Å². The number of hydrogen-bond donors (Lipinski definition) is 2. The highest BCUT2D eigenvalue weighted by atomic mass is 32.2. The van der Waals surface area contributed by atoms with Gasteiger partial charge in [0.15, 0.2) is 4.90 Å². The second-order valence-electron chi connectivity index (χ2n) is 3.89. The molecule has 2 aromatic carbocycles. The Bertz CT molecular complexity index is 743. The molecule has 0 unspecified atom stereocenters. The van der Waals surface area contributed by atoms with Crippen LogP contribution in [0.25, 0.3) is 0 Å². The van der Waals surface area contributed by atoms with Gasteiger partial charge in [0.25, 0.3) is 10.0 Å². The van der Waals surface area contributed by atoms with E-state index in [1.54, 1.807) is 0 Å². The average molecular weight is 302 g/mol. The molecule has 0 fully saturated rings. The van der Waals surface area contributed by atoms with Crippen LogP contribution in [-0.2, 0) is 10.0 Å².